The highest BCUT2D eigenvalue weighted by Gasteiger charge is 2.11. The lowest BCUT2D eigenvalue weighted by atomic mass is 10.1. The SMILES string of the molecule is COCC(C)OCC(O)COc1ccc(C(C)O)cc1C. The fourth-order valence-electron chi connectivity index (χ4n) is 1.89. The van der Waals surface area contributed by atoms with Crippen LogP contribution in [0.2, 0.25) is 0 Å². The summed E-state index contributed by atoms with van der Waals surface area (Å²) in [5.41, 5.74) is 1.77. The highest BCUT2D eigenvalue weighted by atomic mass is 16.5. The summed E-state index contributed by atoms with van der Waals surface area (Å²) >= 11 is 0. The van der Waals surface area contributed by atoms with Gasteiger partial charge in [0.2, 0.25) is 0 Å². The largest absolute Gasteiger partial charge is 0.491 e. The van der Waals surface area contributed by atoms with Gasteiger partial charge < -0.3 is 24.4 Å². The molecule has 1 rings (SSSR count). The van der Waals surface area contributed by atoms with Crippen molar-refractivity contribution in [3.05, 3.63) is 29.3 Å². The molecule has 0 aromatic heterocycles. The van der Waals surface area contributed by atoms with Crippen molar-refractivity contribution in [3.8, 4) is 5.75 Å². The van der Waals surface area contributed by atoms with Crippen LogP contribution in [0.25, 0.3) is 0 Å². The number of aryl methyl sites for hydroxylation is 1. The van der Waals surface area contributed by atoms with E-state index in [2.05, 4.69) is 0 Å². The number of hydrogen-bond acceptors (Lipinski definition) is 5. The summed E-state index contributed by atoms with van der Waals surface area (Å²) in [7, 11) is 1.61. The fourth-order valence-corrected chi connectivity index (χ4v) is 1.89. The Balaban J connectivity index is 2.41. The second-order valence-electron chi connectivity index (χ2n) is 5.27. The van der Waals surface area contributed by atoms with Crippen LogP contribution in [-0.4, -0.2) is 49.4 Å². The quantitative estimate of drug-likeness (QED) is 0.728. The molecule has 3 atom stereocenters. The Kier molecular flexibility index (Phi) is 7.67. The van der Waals surface area contributed by atoms with Crippen molar-refractivity contribution >= 4 is 0 Å². The van der Waals surface area contributed by atoms with E-state index in [9.17, 15) is 10.2 Å². The molecule has 120 valence electrons. The average molecular weight is 298 g/mol. The normalized spacial score (nSPS) is 15.5. The van der Waals surface area contributed by atoms with Crippen LogP contribution in [0, 0.1) is 6.92 Å². The first-order valence-corrected chi connectivity index (χ1v) is 7.14. The van der Waals surface area contributed by atoms with Gasteiger partial charge in [0, 0.05) is 7.11 Å². The molecular weight excluding hydrogens is 272 g/mol. The van der Waals surface area contributed by atoms with Crippen LogP contribution in [0.3, 0.4) is 0 Å². The maximum atomic E-state index is 9.83. The number of aliphatic hydroxyl groups excluding tert-OH is 2. The van der Waals surface area contributed by atoms with E-state index < -0.39 is 12.2 Å². The van der Waals surface area contributed by atoms with E-state index in [0.29, 0.717) is 12.4 Å². The predicted octanol–water partition coefficient (Wildman–Crippen LogP) is 1.84. The topological polar surface area (TPSA) is 68.2 Å². The molecule has 1 aromatic carbocycles. The summed E-state index contributed by atoms with van der Waals surface area (Å²) in [4.78, 5) is 0. The molecule has 3 unspecified atom stereocenters. The molecule has 0 aliphatic rings. The zero-order valence-corrected chi connectivity index (χ0v) is 13.2. The molecule has 0 radical (unpaired) electrons. The predicted molar refractivity (Wildman–Crippen MR) is 80.6 cm³/mol. The number of hydrogen-bond donors (Lipinski definition) is 2. The second kappa shape index (κ2) is 9.00. The molecule has 0 bridgehead atoms. The summed E-state index contributed by atoms with van der Waals surface area (Å²) in [6, 6.07) is 5.50. The molecule has 0 spiro atoms. The highest BCUT2D eigenvalue weighted by molar-refractivity contribution is 5.36. The summed E-state index contributed by atoms with van der Waals surface area (Å²) in [5.74, 6) is 0.698. The zero-order chi connectivity index (χ0) is 15.8. The van der Waals surface area contributed by atoms with Crippen molar-refractivity contribution in [2.45, 2.75) is 39.1 Å². The van der Waals surface area contributed by atoms with E-state index in [1.807, 2.05) is 26.0 Å². The number of benzene rings is 1. The minimum atomic E-state index is -0.694. The first kappa shape index (κ1) is 17.9. The van der Waals surface area contributed by atoms with Gasteiger partial charge in [-0.1, -0.05) is 6.07 Å². The standard InChI is InChI=1S/C16H26O5/c1-11-7-14(13(3)17)5-6-16(11)21-10-15(18)9-20-12(2)8-19-4/h5-7,12-13,15,17-18H,8-10H2,1-4H3. The average Bonchev–Trinajstić information content (AvgIpc) is 2.44. The summed E-state index contributed by atoms with van der Waals surface area (Å²) < 4.78 is 16.0. The Morgan fingerprint density at radius 2 is 1.81 bits per heavy atom. The van der Waals surface area contributed by atoms with Crippen molar-refractivity contribution in [1.29, 1.82) is 0 Å². The first-order valence-electron chi connectivity index (χ1n) is 7.14. The van der Waals surface area contributed by atoms with E-state index in [-0.39, 0.29) is 19.3 Å². The maximum Gasteiger partial charge on any atom is 0.122 e. The van der Waals surface area contributed by atoms with Gasteiger partial charge in [0.15, 0.2) is 0 Å². The lowest BCUT2D eigenvalue weighted by Gasteiger charge is -2.17. The lowest BCUT2D eigenvalue weighted by molar-refractivity contribution is -0.0423. The van der Waals surface area contributed by atoms with Crippen LogP contribution >= 0.6 is 0 Å². The summed E-state index contributed by atoms with van der Waals surface area (Å²) in [6.07, 6.45) is -1.25. The van der Waals surface area contributed by atoms with E-state index in [4.69, 9.17) is 14.2 Å². The Bertz CT molecular complexity index is 419. The van der Waals surface area contributed by atoms with Crippen LogP contribution in [-0.2, 0) is 9.47 Å². The maximum absolute atomic E-state index is 9.83. The molecule has 0 saturated carbocycles. The number of methoxy groups -OCH3 is 1. The van der Waals surface area contributed by atoms with Gasteiger partial charge in [0.25, 0.3) is 0 Å². The molecule has 2 N–H and O–H groups in total. The van der Waals surface area contributed by atoms with Crippen LogP contribution in [0.4, 0.5) is 0 Å². The molecule has 0 amide bonds. The summed E-state index contributed by atoms with van der Waals surface area (Å²) in [5, 5.41) is 19.3. The van der Waals surface area contributed by atoms with Gasteiger partial charge in [-0.3, -0.25) is 0 Å². The van der Waals surface area contributed by atoms with Crippen LogP contribution in [0.15, 0.2) is 18.2 Å². The Morgan fingerprint density at radius 3 is 2.38 bits per heavy atom. The minimum absolute atomic E-state index is 0.0586. The van der Waals surface area contributed by atoms with Gasteiger partial charge in [-0.15, -0.1) is 0 Å². The molecular formula is C16H26O5. The Morgan fingerprint density at radius 1 is 1.10 bits per heavy atom. The third-order valence-electron chi connectivity index (χ3n) is 3.09. The lowest BCUT2D eigenvalue weighted by Crippen LogP contribution is -2.27. The van der Waals surface area contributed by atoms with Crippen molar-refractivity contribution in [2.75, 3.05) is 26.9 Å². The zero-order valence-electron chi connectivity index (χ0n) is 13.2. The molecule has 21 heavy (non-hydrogen) atoms. The van der Waals surface area contributed by atoms with E-state index in [0.717, 1.165) is 11.1 Å². The van der Waals surface area contributed by atoms with Crippen LogP contribution in [0.5, 0.6) is 5.75 Å². The smallest absolute Gasteiger partial charge is 0.122 e. The van der Waals surface area contributed by atoms with Crippen molar-refractivity contribution in [3.63, 3.8) is 0 Å². The van der Waals surface area contributed by atoms with Gasteiger partial charge in [-0.25, -0.2) is 0 Å². The van der Waals surface area contributed by atoms with Crippen LogP contribution < -0.4 is 4.74 Å². The van der Waals surface area contributed by atoms with E-state index >= 15 is 0 Å². The third-order valence-corrected chi connectivity index (χ3v) is 3.09. The highest BCUT2D eigenvalue weighted by Crippen LogP contribution is 2.22. The molecule has 0 heterocycles. The van der Waals surface area contributed by atoms with Gasteiger partial charge >= 0.3 is 0 Å². The van der Waals surface area contributed by atoms with E-state index in [1.54, 1.807) is 20.1 Å². The Labute approximate surface area is 126 Å². The molecule has 5 nitrogen and oxygen atoms in total. The van der Waals surface area contributed by atoms with Crippen molar-refractivity contribution in [2.24, 2.45) is 0 Å². The van der Waals surface area contributed by atoms with Gasteiger partial charge in [-0.05, 0) is 44.0 Å². The van der Waals surface area contributed by atoms with Gasteiger partial charge in [-0.2, -0.15) is 0 Å². The number of ether oxygens (including phenoxy) is 3. The summed E-state index contributed by atoms with van der Waals surface area (Å²) in [6.45, 7) is 6.37. The monoisotopic (exact) mass is 298 g/mol. The van der Waals surface area contributed by atoms with Crippen LogP contribution in [0.1, 0.15) is 31.1 Å². The molecule has 0 aliphatic heterocycles. The van der Waals surface area contributed by atoms with Crippen molar-refractivity contribution < 1.29 is 24.4 Å². The van der Waals surface area contributed by atoms with Gasteiger partial charge in [0.1, 0.15) is 18.5 Å². The van der Waals surface area contributed by atoms with Crippen molar-refractivity contribution in [1.82, 2.24) is 0 Å². The Hall–Kier alpha value is -1.14. The molecule has 5 heteroatoms. The van der Waals surface area contributed by atoms with E-state index in [1.165, 1.54) is 0 Å². The number of rotatable bonds is 9. The number of aliphatic hydroxyl groups is 2. The van der Waals surface area contributed by atoms with Gasteiger partial charge in [0.05, 0.1) is 25.4 Å². The molecule has 0 aliphatic carbocycles. The fraction of sp³-hybridized carbons (Fsp3) is 0.625. The molecule has 1 aromatic rings. The minimum Gasteiger partial charge on any atom is -0.491 e. The molecule has 0 fully saturated rings. The first-order chi connectivity index (χ1) is 9.93. The molecule has 0 saturated heterocycles. The third kappa shape index (κ3) is 6.44. The second-order valence-corrected chi connectivity index (χ2v) is 5.27.